The Morgan fingerprint density at radius 3 is 2.75 bits per heavy atom. The molecule has 1 fully saturated rings. The second kappa shape index (κ2) is 3.75. The van der Waals surface area contributed by atoms with Gasteiger partial charge in [-0.15, -0.1) is 0 Å². The normalized spacial score (nSPS) is 17.6. The number of aryl methyl sites for hydroxylation is 1. The molecule has 16 heavy (non-hydrogen) atoms. The first-order valence-corrected chi connectivity index (χ1v) is 5.16. The lowest BCUT2D eigenvalue weighted by molar-refractivity contribution is 0.0344. The van der Waals surface area contributed by atoms with Crippen molar-refractivity contribution in [1.82, 2.24) is 10.3 Å². The van der Waals surface area contributed by atoms with E-state index in [1.807, 2.05) is 6.92 Å². The number of hydrogen-bond acceptors (Lipinski definition) is 4. The molecule has 0 aliphatic carbocycles. The summed E-state index contributed by atoms with van der Waals surface area (Å²) in [6.07, 6.45) is 1.54. The average molecular weight is 221 g/mol. The summed E-state index contributed by atoms with van der Waals surface area (Å²) in [6, 6.07) is 1.79. The predicted molar refractivity (Wildman–Crippen MR) is 59.4 cm³/mol. The molecule has 86 valence electrons. The van der Waals surface area contributed by atoms with Gasteiger partial charge in [-0.1, -0.05) is 0 Å². The van der Waals surface area contributed by atoms with E-state index in [9.17, 15) is 4.79 Å². The highest BCUT2D eigenvalue weighted by atomic mass is 16.5. The zero-order chi connectivity index (χ0) is 11.8. The number of amides is 1. The summed E-state index contributed by atoms with van der Waals surface area (Å²) in [6.45, 7) is 5.47. The average Bonchev–Trinajstić information content (AvgIpc) is 2.14. The quantitative estimate of drug-likeness (QED) is 0.766. The van der Waals surface area contributed by atoms with Crippen molar-refractivity contribution in [2.45, 2.75) is 19.4 Å². The summed E-state index contributed by atoms with van der Waals surface area (Å²) in [4.78, 5) is 15.0. The Balaban J connectivity index is 2.18. The Labute approximate surface area is 94.0 Å². The van der Waals surface area contributed by atoms with Gasteiger partial charge in [0.25, 0.3) is 5.91 Å². The molecule has 0 aromatic carbocycles. The monoisotopic (exact) mass is 221 g/mol. The fourth-order valence-electron chi connectivity index (χ4n) is 1.70. The van der Waals surface area contributed by atoms with Gasteiger partial charge in [0.15, 0.2) is 0 Å². The minimum absolute atomic E-state index is 0.164. The van der Waals surface area contributed by atoms with Crippen molar-refractivity contribution >= 4 is 5.91 Å². The number of aromatic nitrogens is 1. The molecule has 3 N–H and O–H groups in total. The maximum Gasteiger partial charge on any atom is 0.267 e. The summed E-state index contributed by atoms with van der Waals surface area (Å²) in [7, 11) is 0. The standard InChI is InChI=1S/C11H15N3O2/c1-7-3-8(4-14-9(7)10(12)15)16-11(2)5-13-6-11/h3-4,13H,5-6H2,1-2H3,(H2,12,15). The number of carbonyl (C=O) groups is 1. The van der Waals surface area contributed by atoms with Crippen LogP contribution in [0.4, 0.5) is 0 Å². The van der Waals surface area contributed by atoms with Gasteiger partial charge >= 0.3 is 0 Å². The molecule has 0 radical (unpaired) electrons. The lowest BCUT2D eigenvalue weighted by Crippen LogP contribution is -2.61. The number of nitrogens with zero attached hydrogens (tertiary/aromatic N) is 1. The number of hydrogen-bond donors (Lipinski definition) is 2. The highest BCUT2D eigenvalue weighted by Crippen LogP contribution is 2.22. The van der Waals surface area contributed by atoms with Gasteiger partial charge in [-0.05, 0) is 25.5 Å². The van der Waals surface area contributed by atoms with Crippen LogP contribution >= 0.6 is 0 Å². The fourth-order valence-corrected chi connectivity index (χ4v) is 1.70. The molecule has 0 spiro atoms. The third-order valence-electron chi connectivity index (χ3n) is 2.65. The van der Waals surface area contributed by atoms with Crippen molar-refractivity contribution in [3.05, 3.63) is 23.5 Å². The number of primary amides is 1. The Kier molecular flexibility index (Phi) is 2.55. The van der Waals surface area contributed by atoms with Gasteiger partial charge in [-0.25, -0.2) is 4.98 Å². The number of carbonyl (C=O) groups excluding carboxylic acids is 1. The number of nitrogens with one attached hydrogen (secondary N) is 1. The van der Waals surface area contributed by atoms with Gasteiger partial charge in [0.1, 0.15) is 17.0 Å². The van der Waals surface area contributed by atoms with Crippen LogP contribution in [-0.2, 0) is 0 Å². The Bertz CT molecular complexity index is 427. The van der Waals surface area contributed by atoms with Crippen LogP contribution in [-0.4, -0.2) is 29.6 Å². The van der Waals surface area contributed by atoms with Crippen LogP contribution in [0.25, 0.3) is 0 Å². The molecule has 2 heterocycles. The van der Waals surface area contributed by atoms with Crippen LogP contribution in [0.5, 0.6) is 5.75 Å². The van der Waals surface area contributed by atoms with E-state index in [0.29, 0.717) is 11.4 Å². The van der Waals surface area contributed by atoms with Gasteiger partial charge in [0, 0.05) is 13.1 Å². The third-order valence-corrected chi connectivity index (χ3v) is 2.65. The largest absolute Gasteiger partial charge is 0.483 e. The molecule has 0 bridgehead atoms. The molecule has 5 heteroatoms. The summed E-state index contributed by atoms with van der Waals surface area (Å²) < 4.78 is 5.78. The van der Waals surface area contributed by atoms with Crippen LogP contribution < -0.4 is 15.8 Å². The van der Waals surface area contributed by atoms with Gasteiger partial charge in [0.05, 0.1) is 6.20 Å². The Morgan fingerprint density at radius 1 is 1.62 bits per heavy atom. The molecule has 1 amide bonds. The van der Waals surface area contributed by atoms with Crippen molar-refractivity contribution in [3.8, 4) is 5.75 Å². The molecule has 0 atom stereocenters. The van der Waals surface area contributed by atoms with E-state index >= 15 is 0 Å². The van der Waals surface area contributed by atoms with E-state index in [-0.39, 0.29) is 5.60 Å². The van der Waals surface area contributed by atoms with Crippen LogP contribution in [0.2, 0.25) is 0 Å². The second-order valence-electron chi connectivity index (χ2n) is 4.36. The number of ether oxygens (including phenoxy) is 1. The SMILES string of the molecule is Cc1cc(OC2(C)CNC2)cnc1C(N)=O. The number of rotatable bonds is 3. The van der Waals surface area contributed by atoms with Crippen molar-refractivity contribution in [2.24, 2.45) is 5.73 Å². The molecule has 1 aliphatic heterocycles. The Morgan fingerprint density at radius 2 is 2.31 bits per heavy atom. The van der Waals surface area contributed by atoms with Crippen molar-refractivity contribution in [1.29, 1.82) is 0 Å². The van der Waals surface area contributed by atoms with Crippen molar-refractivity contribution < 1.29 is 9.53 Å². The zero-order valence-corrected chi connectivity index (χ0v) is 9.41. The lowest BCUT2D eigenvalue weighted by Gasteiger charge is -2.39. The minimum Gasteiger partial charge on any atom is -0.483 e. The first-order valence-electron chi connectivity index (χ1n) is 5.16. The van der Waals surface area contributed by atoms with Gasteiger partial charge in [-0.3, -0.25) is 4.79 Å². The molecule has 1 aromatic rings. The molecule has 2 rings (SSSR count). The van der Waals surface area contributed by atoms with Crippen molar-refractivity contribution in [3.63, 3.8) is 0 Å². The van der Waals surface area contributed by atoms with E-state index in [0.717, 1.165) is 18.7 Å². The maximum atomic E-state index is 11.0. The molecule has 5 nitrogen and oxygen atoms in total. The maximum absolute atomic E-state index is 11.0. The highest BCUT2D eigenvalue weighted by Gasteiger charge is 2.33. The van der Waals surface area contributed by atoms with Gasteiger partial charge in [0.2, 0.25) is 0 Å². The fraction of sp³-hybridized carbons (Fsp3) is 0.455. The number of pyridine rings is 1. The molecular weight excluding hydrogens is 206 g/mol. The molecule has 1 aromatic heterocycles. The van der Waals surface area contributed by atoms with Crippen molar-refractivity contribution in [2.75, 3.05) is 13.1 Å². The van der Waals surface area contributed by atoms with Crippen LogP contribution in [0.15, 0.2) is 12.3 Å². The number of nitrogens with two attached hydrogens (primary N) is 1. The van der Waals surface area contributed by atoms with E-state index in [1.165, 1.54) is 6.20 Å². The van der Waals surface area contributed by atoms with E-state index in [1.54, 1.807) is 13.0 Å². The first-order chi connectivity index (χ1) is 7.50. The molecule has 1 aliphatic rings. The molecular formula is C11H15N3O2. The predicted octanol–water partition coefficient (Wildman–Crippen LogP) is 0.230. The summed E-state index contributed by atoms with van der Waals surface area (Å²) in [5.74, 6) is 0.159. The van der Waals surface area contributed by atoms with Crippen LogP contribution in [0, 0.1) is 6.92 Å². The van der Waals surface area contributed by atoms with E-state index in [2.05, 4.69) is 10.3 Å². The zero-order valence-electron chi connectivity index (χ0n) is 9.41. The first kappa shape index (κ1) is 10.9. The third kappa shape index (κ3) is 1.99. The smallest absolute Gasteiger partial charge is 0.267 e. The summed E-state index contributed by atoms with van der Waals surface area (Å²) in [5, 5.41) is 3.15. The van der Waals surface area contributed by atoms with Crippen LogP contribution in [0.3, 0.4) is 0 Å². The summed E-state index contributed by atoms with van der Waals surface area (Å²) >= 11 is 0. The summed E-state index contributed by atoms with van der Waals surface area (Å²) in [5.41, 5.74) is 6.05. The van der Waals surface area contributed by atoms with Gasteiger partial charge < -0.3 is 15.8 Å². The molecule has 0 unspecified atom stereocenters. The van der Waals surface area contributed by atoms with E-state index in [4.69, 9.17) is 10.5 Å². The highest BCUT2D eigenvalue weighted by molar-refractivity contribution is 5.92. The Hall–Kier alpha value is -1.62. The molecule has 1 saturated heterocycles. The van der Waals surface area contributed by atoms with Crippen LogP contribution in [0.1, 0.15) is 23.0 Å². The molecule has 0 saturated carbocycles. The topological polar surface area (TPSA) is 77.2 Å². The minimum atomic E-state index is -0.513. The second-order valence-corrected chi connectivity index (χ2v) is 4.36. The lowest BCUT2D eigenvalue weighted by atomic mass is 10.00. The van der Waals surface area contributed by atoms with Gasteiger partial charge in [-0.2, -0.15) is 0 Å². The van der Waals surface area contributed by atoms with E-state index < -0.39 is 5.91 Å².